The van der Waals surface area contributed by atoms with Gasteiger partial charge in [-0.05, 0) is 44.4 Å². The number of nitrogens with zero attached hydrogens (tertiary/aromatic N) is 3. The molecule has 1 aromatic carbocycles. The zero-order valence-corrected chi connectivity index (χ0v) is 16.1. The molecule has 0 fully saturated rings. The van der Waals surface area contributed by atoms with E-state index in [1.807, 2.05) is 0 Å². The number of carboxylic acids is 1. The van der Waals surface area contributed by atoms with Crippen LogP contribution in [-0.2, 0) is 23.9 Å². The van der Waals surface area contributed by atoms with Crippen molar-refractivity contribution in [2.24, 2.45) is 0 Å². The Hall–Kier alpha value is -3.04. The van der Waals surface area contributed by atoms with Crippen LogP contribution >= 0.6 is 0 Å². The Morgan fingerprint density at radius 1 is 1.21 bits per heavy atom. The molecule has 1 N–H and O–H groups in total. The molecule has 7 nitrogen and oxygen atoms in total. The molecule has 0 spiro atoms. The average Bonchev–Trinajstić information content (AvgIpc) is 3.04. The van der Waals surface area contributed by atoms with Gasteiger partial charge in [-0.2, -0.15) is 18.3 Å². The topological polar surface area (TPSA) is 84.7 Å². The Labute approximate surface area is 164 Å². The third kappa shape index (κ3) is 4.20. The quantitative estimate of drug-likeness (QED) is 0.811. The number of hydrogen-bond donors (Lipinski definition) is 1. The third-order valence-electron chi connectivity index (χ3n) is 4.39. The highest BCUT2D eigenvalue weighted by molar-refractivity contribution is 5.89. The number of carbonyl (C=O) groups is 2. The van der Waals surface area contributed by atoms with Crippen molar-refractivity contribution in [2.45, 2.75) is 45.5 Å². The maximum Gasteiger partial charge on any atom is 0.434 e. The van der Waals surface area contributed by atoms with E-state index < -0.39 is 35.1 Å². The lowest BCUT2D eigenvalue weighted by molar-refractivity contribution is -0.143. The highest BCUT2D eigenvalue weighted by Crippen LogP contribution is 2.35. The molecule has 0 radical (unpaired) electrons. The molecule has 0 saturated heterocycles. The van der Waals surface area contributed by atoms with E-state index in [-0.39, 0.29) is 25.2 Å². The van der Waals surface area contributed by atoms with Gasteiger partial charge in [0.05, 0.1) is 11.9 Å². The maximum atomic E-state index is 13.6. The van der Waals surface area contributed by atoms with Crippen molar-refractivity contribution in [3.8, 4) is 5.69 Å². The van der Waals surface area contributed by atoms with E-state index in [1.54, 1.807) is 32.9 Å². The van der Waals surface area contributed by atoms with Gasteiger partial charge in [0.15, 0.2) is 5.69 Å². The highest BCUT2D eigenvalue weighted by atomic mass is 19.4. The molecule has 10 heteroatoms. The first kappa shape index (κ1) is 20.7. The second-order valence-electron chi connectivity index (χ2n) is 7.69. The van der Waals surface area contributed by atoms with E-state index in [0.29, 0.717) is 22.0 Å². The van der Waals surface area contributed by atoms with Crippen molar-refractivity contribution in [3.63, 3.8) is 0 Å². The summed E-state index contributed by atoms with van der Waals surface area (Å²) in [5.74, 6) is -1.70. The van der Waals surface area contributed by atoms with Crippen LogP contribution in [0.1, 0.15) is 48.0 Å². The molecule has 156 valence electrons. The second-order valence-corrected chi connectivity index (χ2v) is 7.69. The van der Waals surface area contributed by atoms with Crippen LogP contribution in [0, 0.1) is 0 Å². The summed E-state index contributed by atoms with van der Waals surface area (Å²) in [6.45, 7) is 5.67. The van der Waals surface area contributed by atoms with Gasteiger partial charge in [0.25, 0.3) is 0 Å². The van der Waals surface area contributed by atoms with Crippen molar-refractivity contribution >= 4 is 12.1 Å². The number of carbonyl (C=O) groups excluding carboxylic acids is 1. The Balaban J connectivity index is 2.00. The molecule has 3 rings (SSSR count). The van der Waals surface area contributed by atoms with E-state index in [9.17, 15) is 22.8 Å². The summed E-state index contributed by atoms with van der Waals surface area (Å²) in [7, 11) is 0. The summed E-state index contributed by atoms with van der Waals surface area (Å²) in [4.78, 5) is 25.0. The molecule has 1 aliphatic rings. The number of aromatic carboxylic acids is 1. The summed E-state index contributed by atoms with van der Waals surface area (Å²) >= 11 is 0. The van der Waals surface area contributed by atoms with Gasteiger partial charge in [-0.15, -0.1) is 0 Å². The number of aromatic nitrogens is 2. The zero-order chi connectivity index (χ0) is 21.6. The monoisotopic (exact) mass is 411 g/mol. The Morgan fingerprint density at radius 2 is 1.90 bits per heavy atom. The van der Waals surface area contributed by atoms with Gasteiger partial charge in [-0.3, -0.25) is 0 Å². The number of fused-ring (bicyclic) bond motifs is 1. The summed E-state index contributed by atoms with van der Waals surface area (Å²) in [6.07, 6.45) is -4.42. The second kappa shape index (κ2) is 7.09. The van der Waals surface area contributed by atoms with Crippen LogP contribution in [0.3, 0.4) is 0 Å². The molecular weight excluding hydrogens is 391 g/mol. The Kier molecular flexibility index (Phi) is 5.06. The number of halogens is 3. The predicted molar refractivity (Wildman–Crippen MR) is 95.9 cm³/mol. The third-order valence-corrected chi connectivity index (χ3v) is 4.39. The van der Waals surface area contributed by atoms with Crippen LogP contribution in [0.4, 0.5) is 18.0 Å². The standard InChI is InChI=1S/C19H20F3N3O4/c1-18(2,3)29-17(28)24-8-7-12-11(10-24)5-4-6-14(12)25-15(19(20,21)22)13(9-23-25)16(26)27/h4-6,9H,7-8,10H2,1-3H3,(H,26,27). The van der Waals surface area contributed by atoms with Gasteiger partial charge in [-0.25, -0.2) is 14.3 Å². The summed E-state index contributed by atoms with van der Waals surface area (Å²) in [6, 6.07) is 4.72. The number of hydrogen-bond acceptors (Lipinski definition) is 4. The number of carboxylic acid groups (broad SMARTS) is 1. The molecular formula is C19H20F3N3O4. The van der Waals surface area contributed by atoms with Gasteiger partial charge in [0.2, 0.25) is 0 Å². The molecule has 2 heterocycles. The van der Waals surface area contributed by atoms with Crippen molar-refractivity contribution < 1.29 is 32.6 Å². The van der Waals surface area contributed by atoms with Gasteiger partial charge < -0.3 is 14.7 Å². The van der Waals surface area contributed by atoms with Crippen LogP contribution in [0.15, 0.2) is 24.4 Å². The largest absolute Gasteiger partial charge is 0.478 e. The van der Waals surface area contributed by atoms with E-state index in [2.05, 4.69) is 5.10 Å². The van der Waals surface area contributed by atoms with E-state index >= 15 is 0 Å². The zero-order valence-electron chi connectivity index (χ0n) is 16.1. The maximum absolute atomic E-state index is 13.6. The Bertz CT molecular complexity index is 961. The molecule has 0 atom stereocenters. The van der Waals surface area contributed by atoms with Crippen LogP contribution in [0.2, 0.25) is 0 Å². The molecule has 0 aliphatic carbocycles. The van der Waals surface area contributed by atoms with Crippen molar-refractivity contribution in [2.75, 3.05) is 6.54 Å². The van der Waals surface area contributed by atoms with Crippen molar-refractivity contribution in [1.29, 1.82) is 0 Å². The molecule has 2 aromatic rings. The van der Waals surface area contributed by atoms with E-state index in [4.69, 9.17) is 9.84 Å². The number of benzene rings is 1. The lowest BCUT2D eigenvalue weighted by Gasteiger charge is -2.32. The van der Waals surface area contributed by atoms with Gasteiger partial charge in [0, 0.05) is 13.1 Å². The first-order chi connectivity index (χ1) is 13.4. The molecule has 0 bridgehead atoms. The smallest absolute Gasteiger partial charge is 0.434 e. The molecule has 29 heavy (non-hydrogen) atoms. The van der Waals surface area contributed by atoms with Crippen LogP contribution in [-0.4, -0.2) is 44.0 Å². The van der Waals surface area contributed by atoms with Crippen LogP contribution in [0.5, 0.6) is 0 Å². The molecule has 1 aromatic heterocycles. The van der Waals surface area contributed by atoms with E-state index in [0.717, 1.165) is 0 Å². The summed E-state index contributed by atoms with van der Waals surface area (Å²) in [5.41, 5.74) is -1.54. The molecule has 1 amide bonds. The first-order valence-corrected chi connectivity index (χ1v) is 8.86. The lowest BCUT2D eigenvalue weighted by Crippen LogP contribution is -2.40. The molecule has 0 saturated carbocycles. The predicted octanol–water partition coefficient (Wildman–Crippen LogP) is 3.88. The fourth-order valence-electron chi connectivity index (χ4n) is 3.23. The molecule has 1 aliphatic heterocycles. The van der Waals surface area contributed by atoms with Gasteiger partial charge in [0.1, 0.15) is 11.2 Å². The van der Waals surface area contributed by atoms with Gasteiger partial charge >= 0.3 is 18.2 Å². The number of ether oxygens (including phenoxy) is 1. The number of rotatable bonds is 2. The van der Waals surface area contributed by atoms with Crippen LogP contribution < -0.4 is 0 Å². The SMILES string of the molecule is CC(C)(C)OC(=O)N1CCc2c(cccc2-n2ncc(C(=O)O)c2C(F)(F)F)C1. The Morgan fingerprint density at radius 3 is 2.48 bits per heavy atom. The average molecular weight is 411 g/mol. The van der Waals surface area contributed by atoms with Crippen LogP contribution in [0.25, 0.3) is 5.69 Å². The summed E-state index contributed by atoms with van der Waals surface area (Å²) in [5, 5.41) is 12.8. The van der Waals surface area contributed by atoms with Crippen molar-refractivity contribution in [1.82, 2.24) is 14.7 Å². The molecule has 0 unspecified atom stereocenters. The lowest BCUT2D eigenvalue weighted by atomic mass is 9.98. The minimum absolute atomic E-state index is 0.145. The first-order valence-electron chi connectivity index (χ1n) is 8.86. The number of amides is 1. The number of alkyl halides is 3. The fraction of sp³-hybridized carbons (Fsp3) is 0.421. The van der Waals surface area contributed by atoms with Crippen molar-refractivity contribution in [3.05, 3.63) is 46.8 Å². The normalized spacial score (nSPS) is 14.5. The minimum atomic E-state index is -4.90. The summed E-state index contributed by atoms with van der Waals surface area (Å²) < 4.78 is 46.6. The van der Waals surface area contributed by atoms with E-state index in [1.165, 1.54) is 11.0 Å². The minimum Gasteiger partial charge on any atom is -0.478 e. The fourth-order valence-corrected chi connectivity index (χ4v) is 3.23. The highest BCUT2D eigenvalue weighted by Gasteiger charge is 2.41. The van der Waals surface area contributed by atoms with Gasteiger partial charge in [-0.1, -0.05) is 12.1 Å².